The zero-order chi connectivity index (χ0) is 23.3. The average molecular weight is 438 g/mol. The summed E-state index contributed by atoms with van der Waals surface area (Å²) in [5, 5.41) is 7.85. The van der Waals surface area contributed by atoms with Gasteiger partial charge in [0.05, 0.1) is 17.3 Å². The van der Waals surface area contributed by atoms with Gasteiger partial charge in [0.1, 0.15) is 11.6 Å². The highest BCUT2D eigenvalue weighted by molar-refractivity contribution is 6.04. The van der Waals surface area contributed by atoms with Crippen LogP contribution in [0.25, 0.3) is 0 Å². The summed E-state index contributed by atoms with van der Waals surface area (Å²) in [6, 6.07) is 16.3. The lowest BCUT2D eigenvalue weighted by atomic mass is 10.1. The molecule has 3 aromatic rings. The van der Waals surface area contributed by atoms with Crippen molar-refractivity contribution in [2.45, 2.75) is 13.0 Å². The number of benzene rings is 3. The second kappa shape index (κ2) is 9.91. The van der Waals surface area contributed by atoms with Crippen LogP contribution in [-0.2, 0) is 0 Å². The Balaban J connectivity index is 1.77. The number of urea groups is 1. The zero-order valence-corrected chi connectivity index (χ0v) is 17.9. The quantitative estimate of drug-likeness (QED) is 0.497. The second-order valence-corrected chi connectivity index (χ2v) is 7.44. The Morgan fingerprint density at radius 3 is 2.28 bits per heavy atom. The van der Waals surface area contributed by atoms with Crippen molar-refractivity contribution in [3.8, 4) is 0 Å². The van der Waals surface area contributed by atoms with Crippen LogP contribution < -0.4 is 20.9 Å². The first-order valence-corrected chi connectivity index (χ1v) is 9.95. The molecule has 166 valence electrons. The van der Waals surface area contributed by atoms with Crippen molar-refractivity contribution < 1.29 is 18.4 Å². The minimum atomic E-state index is -0.891. The van der Waals surface area contributed by atoms with Gasteiger partial charge < -0.3 is 20.9 Å². The first-order chi connectivity index (χ1) is 15.2. The highest BCUT2D eigenvalue weighted by atomic mass is 19.1. The fraction of sp³-hybridized carbons (Fsp3) is 0.167. The molecule has 0 aromatic heterocycles. The van der Waals surface area contributed by atoms with E-state index in [4.69, 9.17) is 0 Å². The number of carbonyl (C=O) groups excluding carboxylic acids is 2. The summed E-state index contributed by atoms with van der Waals surface area (Å²) in [6.45, 7) is 1.88. The van der Waals surface area contributed by atoms with Gasteiger partial charge in [0.25, 0.3) is 5.91 Å². The van der Waals surface area contributed by atoms with E-state index in [0.717, 1.165) is 17.7 Å². The third kappa shape index (κ3) is 5.60. The molecule has 1 atom stereocenters. The Kier molecular flexibility index (Phi) is 7.04. The Bertz CT molecular complexity index is 1120. The third-order valence-corrected chi connectivity index (χ3v) is 4.81. The summed E-state index contributed by atoms with van der Waals surface area (Å²) < 4.78 is 26.8. The minimum Gasteiger partial charge on any atom is -0.377 e. The van der Waals surface area contributed by atoms with Crippen molar-refractivity contribution in [3.63, 3.8) is 0 Å². The molecule has 0 bridgehead atoms. The number of nitrogens with zero attached hydrogens (tertiary/aromatic N) is 1. The van der Waals surface area contributed by atoms with Gasteiger partial charge in [0, 0.05) is 31.5 Å². The number of nitrogens with one attached hydrogen (secondary N) is 3. The molecule has 0 saturated carbocycles. The lowest BCUT2D eigenvalue weighted by Crippen LogP contribution is -2.28. The molecule has 6 nitrogen and oxygen atoms in total. The maximum absolute atomic E-state index is 13.8. The smallest absolute Gasteiger partial charge is 0.323 e. The molecule has 3 aromatic carbocycles. The number of hydrogen-bond acceptors (Lipinski definition) is 3. The summed E-state index contributed by atoms with van der Waals surface area (Å²) in [4.78, 5) is 27.1. The lowest BCUT2D eigenvalue weighted by molar-refractivity contribution is 0.0940. The fourth-order valence-electron chi connectivity index (χ4n) is 3.16. The number of anilines is 3. The van der Waals surface area contributed by atoms with Gasteiger partial charge in [0.2, 0.25) is 0 Å². The molecular formula is C24H24F2N4O2. The van der Waals surface area contributed by atoms with Crippen LogP contribution in [0, 0.1) is 11.6 Å². The molecular weight excluding hydrogens is 414 g/mol. The first-order valence-electron chi connectivity index (χ1n) is 9.95. The molecule has 0 fully saturated rings. The van der Waals surface area contributed by atoms with Crippen LogP contribution in [0.4, 0.5) is 30.6 Å². The van der Waals surface area contributed by atoms with E-state index in [2.05, 4.69) is 16.0 Å². The highest BCUT2D eigenvalue weighted by Crippen LogP contribution is 2.24. The molecule has 8 heteroatoms. The monoisotopic (exact) mass is 438 g/mol. The SMILES string of the molecule is CC(NC(=O)c1cc(NC(=O)Nc2ccc(F)cc2F)ccc1N(C)C)c1ccccc1. The molecule has 1 unspecified atom stereocenters. The molecule has 3 N–H and O–H groups in total. The number of amides is 3. The maximum Gasteiger partial charge on any atom is 0.323 e. The minimum absolute atomic E-state index is 0.163. The normalized spacial score (nSPS) is 11.4. The summed E-state index contributed by atoms with van der Waals surface area (Å²) >= 11 is 0. The van der Waals surface area contributed by atoms with Crippen LogP contribution in [0.3, 0.4) is 0 Å². The van der Waals surface area contributed by atoms with Gasteiger partial charge in [-0.2, -0.15) is 0 Å². The summed E-state index contributed by atoms with van der Waals surface area (Å²) in [7, 11) is 3.62. The van der Waals surface area contributed by atoms with Crippen LogP contribution in [0.5, 0.6) is 0 Å². The topological polar surface area (TPSA) is 73.5 Å². The molecule has 0 aliphatic heterocycles. The summed E-state index contributed by atoms with van der Waals surface area (Å²) in [5.74, 6) is -1.94. The molecule has 0 aliphatic carbocycles. The molecule has 3 amide bonds. The summed E-state index contributed by atoms with van der Waals surface area (Å²) in [6.07, 6.45) is 0. The van der Waals surface area contributed by atoms with Crippen molar-refractivity contribution in [2.75, 3.05) is 29.6 Å². The molecule has 0 spiro atoms. The van der Waals surface area contributed by atoms with Gasteiger partial charge in [-0.15, -0.1) is 0 Å². The number of rotatable bonds is 6. The second-order valence-electron chi connectivity index (χ2n) is 7.44. The number of hydrogen-bond donors (Lipinski definition) is 3. The van der Waals surface area contributed by atoms with Gasteiger partial charge in [-0.3, -0.25) is 4.79 Å². The fourth-order valence-corrected chi connectivity index (χ4v) is 3.16. The average Bonchev–Trinajstić information content (AvgIpc) is 2.76. The van der Waals surface area contributed by atoms with Crippen LogP contribution in [0.1, 0.15) is 28.9 Å². The van der Waals surface area contributed by atoms with E-state index in [1.165, 1.54) is 0 Å². The summed E-state index contributed by atoms with van der Waals surface area (Å²) in [5.41, 5.74) is 2.17. The van der Waals surface area contributed by atoms with Crippen LogP contribution in [0.2, 0.25) is 0 Å². The van der Waals surface area contributed by atoms with Gasteiger partial charge in [0.15, 0.2) is 0 Å². The highest BCUT2D eigenvalue weighted by Gasteiger charge is 2.18. The lowest BCUT2D eigenvalue weighted by Gasteiger charge is -2.20. The van der Waals surface area contributed by atoms with Crippen molar-refractivity contribution in [1.29, 1.82) is 0 Å². The molecule has 32 heavy (non-hydrogen) atoms. The van der Waals surface area contributed by atoms with E-state index in [1.54, 1.807) is 23.1 Å². The van der Waals surface area contributed by atoms with Crippen LogP contribution in [0.15, 0.2) is 66.7 Å². The third-order valence-electron chi connectivity index (χ3n) is 4.81. The van der Waals surface area contributed by atoms with Gasteiger partial charge in [-0.1, -0.05) is 30.3 Å². The molecule has 0 aliphatic rings. The van der Waals surface area contributed by atoms with E-state index in [0.29, 0.717) is 23.0 Å². The zero-order valence-electron chi connectivity index (χ0n) is 17.9. The molecule has 3 rings (SSSR count). The van der Waals surface area contributed by atoms with Gasteiger partial charge in [-0.25, -0.2) is 13.6 Å². The van der Waals surface area contributed by atoms with Crippen molar-refractivity contribution in [3.05, 3.63) is 89.5 Å². The molecule has 0 radical (unpaired) electrons. The van der Waals surface area contributed by atoms with Crippen LogP contribution in [-0.4, -0.2) is 26.0 Å². The predicted molar refractivity (Wildman–Crippen MR) is 122 cm³/mol. The van der Waals surface area contributed by atoms with Crippen LogP contribution >= 0.6 is 0 Å². The maximum atomic E-state index is 13.8. The van der Waals surface area contributed by atoms with Crippen molar-refractivity contribution in [1.82, 2.24) is 5.32 Å². The Hall–Kier alpha value is -3.94. The van der Waals surface area contributed by atoms with E-state index in [1.807, 2.05) is 51.4 Å². The first kappa shape index (κ1) is 22.7. The molecule has 0 saturated heterocycles. The Morgan fingerprint density at radius 2 is 1.62 bits per heavy atom. The van der Waals surface area contributed by atoms with Gasteiger partial charge in [-0.05, 0) is 42.8 Å². The molecule has 0 heterocycles. The predicted octanol–water partition coefficient (Wildman–Crippen LogP) is 5.17. The van der Waals surface area contributed by atoms with E-state index >= 15 is 0 Å². The van der Waals surface area contributed by atoms with Crippen molar-refractivity contribution in [2.24, 2.45) is 0 Å². The standard InChI is InChI=1S/C24H24F2N4O2/c1-15(16-7-5-4-6-8-16)27-23(31)19-14-18(10-12-22(19)30(2)3)28-24(32)29-21-11-9-17(25)13-20(21)26/h4-15H,1-3H3,(H,27,31)(H2,28,29,32). The Morgan fingerprint density at radius 1 is 0.906 bits per heavy atom. The van der Waals surface area contributed by atoms with Gasteiger partial charge >= 0.3 is 6.03 Å². The largest absolute Gasteiger partial charge is 0.377 e. The van der Waals surface area contributed by atoms with E-state index in [-0.39, 0.29) is 17.6 Å². The number of carbonyl (C=O) groups is 2. The van der Waals surface area contributed by atoms with Crippen molar-refractivity contribution >= 4 is 29.0 Å². The number of halogens is 2. The van der Waals surface area contributed by atoms with E-state index < -0.39 is 17.7 Å². The Labute approximate surface area is 185 Å². The van der Waals surface area contributed by atoms with E-state index in [9.17, 15) is 18.4 Å².